The van der Waals surface area contributed by atoms with Crippen molar-refractivity contribution in [2.24, 2.45) is 5.92 Å². The van der Waals surface area contributed by atoms with Gasteiger partial charge in [-0.05, 0) is 38.8 Å². The molecule has 0 amide bonds. The number of thioether (sulfide) groups is 1. The molecule has 0 saturated heterocycles. The molecule has 1 aliphatic rings. The highest BCUT2D eigenvalue weighted by Crippen LogP contribution is 2.30. The highest BCUT2D eigenvalue weighted by atomic mass is 32.2. The Morgan fingerprint density at radius 3 is 2.23 bits per heavy atom. The Bertz CT molecular complexity index is 886. The summed E-state index contributed by atoms with van der Waals surface area (Å²) in [4.78, 5) is 37.7. The van der Waals surface area contributed by atoms with E-state index in [9.17, 15) is 14.4 Å². The molecule has 0 saturated carbocycles. The summed E-state index contributed by atoms with van der Waals surface area (Å²) in [5, 5.41) is 3.08. The Hall–Kier alpha value is -2.54. The molecule has 1 N–H and O–H groups in total. The summed E-state index contributed by atoms with van der Waals surface area (Å²) in [6.07, 6.45) is 2.11. The van der Waals surface area contributed by atoms with Gasteiger partial charge in [0.05, 0.1) is 24.9 Å². The van der Waals surface area contributed by atoms with Crippen LogP contribution in [-0.4, -0.2) is 37.2 Å². The maximum Gasteiger partial charge on any atom is 0.336 e. The Morgan fingerprint density at radius 1 is 1.03 bits per heavy atom. The van der Waals surface area contributed by atoms with E-state index < -0.39 is 17.9 Å². The first-order chi connectivity index (χ1) is 14.8. The van der Waals surface area contributed by atoms with Gasteiger partial charge in [-0.15, -0.1) is 11.8 Å². The van der Waals surface area contributed by atoms with Crippen molar-refractivity contribution in [3.63, 3.8) is 0 Å². The molecule has 0 aliphatic carbocycles. The van der Waals surface area contributed by atoms with Crippen molar-refractivity contribution >= 4 is 29.5 Å². The Kier molecular flexibility index (Phi) is 9.37. The molecule has 1 unspecified atom stereocenters. The van der Waals surface area contributed by atoms with E-state index >= 15 is 0 Å². The fourth-order valence-electron chi connectivity index (χ4n) is 3.58. The van der Waals surface area contributed by atoms with Crippen LogP contribution in [-0.2, 0) is 19.1 Å². The van der Waals surface area contributed by atoms with Crippen LogP contribution in [0.15, 0.2) is 51.7 Å². The lowest BCUT2D eigenvalue weighted by molar-refractivity contribution is -0.139. The molecule has 0 bridgehead atoms. The average molecular weight is 446 g/mol. The molecule has 0 spiro atoms. The zero-order valence-corrected chi connectivity index (χ0v) is 19.7. The molecule has 6 nitrogen and oxygen atoms in total. The summed E-state index contributed by atoms with van der Waals surface area (Å²) in [7, 11) is 1.33. The van der Waals surface area contributed by atoms with Crippen LogP contribution in [0, 0.1) is 5.92 Å². The third kappa shape index (κ3) is 6.47. The number of carbonyl (C=O) groups excluding carboxylic acids is 3. The van der Waals surface area contributed by atoms with Crippen molar-refractivity contribution in [2.75, 3.05) is 19.5 Å². The van der Waals surface area contributed by atoms with E-state index in [-0.39, 0.29) is 5.78 Å². The SMILES string of the molecule is CCCC(=O)c1ccc(SCCCOC(=O)C2=C(C)NC(C)=C(C(=O)OC)C2C)cc1. The number of hydrogen-bond donors (Lipinski definition) is 1. The van der Waals surface area contributed by atoms with Crippen molar-refractivity contribution < 1.29 is 23.9 Å². The second-order valence-corrected chi connectivity index (χ2v) is 8.62. The van der Waals surface area contributed by atoms with E-state index in [1.807, 2.05) is 31.2 Å². The highest BCUT2D eigenvalue weighted by Gasteiger charge is 2.33. The first-order valence-electron chi connectivity index (χ1n) is 10.5. The normalized spacial score (nSPS) is 16.1. The Labute approximate surface area is 188 Å². The van der Waals surface area contributed by atoms with Crippen LogP contribution < -0.4 is 5.32 Å². The molecule has 7 heteroatoms. The number of Topliss-reactive ketones (excluding diaryl/α,β-unsaturated/α-hetero) is 1. The monoisotopic (exact) mass is 445 g/mol. The lowest BCUT2D eigenvalue weighted by Gasteiger charge is -2.27. The largest absolute Gasteiger partial charge is 0.466 e. The second kappa shape index (κ2) is 11.7. The molecule has 1 atom stereocenters. The molecule has 0 aromatic heterocycles. The van der Waals surface area contributed by atoms with E-state index in [4.69, 9.17) is 9.47 Å². The number of methoxy groups -OCH3 is 1. The predicted octanol–water partition coefficient (Wildman–Crippen LogP) is 4.66. The summed E-state index contributed by atoms with van der Waals surface area (Å²) >= 11 is 1.65. The summed E-state index contributed by atoms with van der Waals surface area (Å²) in [6.45, 7) is 7.68. The summed E-state index contributed by atoms with van der Waals surface area (Å²) in [5.74, 6) is -0.315. The minimum Gasteiger partial charge on any atom is -0.466 e. The average Bonchev–Trinajstić information content (AvgIpc) is 2.73. The van der Waals surface area contributed by atoms with Crippen LogP contribution in [0.5, 0.6) is 0 Å². The quantitative estimate of drug-likeness (QED) is 0.243. The van der Waals surface area contributed by atoms with Gasteiger partial charge in [0, 0.05) is 39.9 Å². The smallest absolute Gasteiger partial charge is 0.336 e. The zero-order chi connectivity index (χ0) is 23.0. The lowest BCUT2D eigenvalue weighted by Crippen LogP contribution is -2.32. The van der Waals surface area contributed by atoms with Crippen molar-refractivity contribution in [3.8, 4) is 0 Å². The van der Waals surface area contributed by atoms with Gasteiger partial charge in [-0.3, -0.25) is 4.79 Å². The summed E-state index contributed by atoms with van der Waals surface area (Å²) < 4.78 is 10.3. The number of dihydropyridines is 1. The predicted molar refractivity (Wildman–Crippen MR) is 122 cm³/mol. The molecular weight excluding hydrogens is 414 g/mol. The number of benzene rings is 1. The number of esters is 2. The standard InChI is InChI=1S/C24H31NO5S/c1-6-8-20(26)18-9-11-19(12-10-18)31-14-7-13-30-24(28)22-15(2)21(23(27)29-5)16(3)25-17(22)4/h9-12,15,25H,6-8,13-14H2,1-5H3. The van der Waals surface area contributed by atoms with Crippen LogP contribution in [0.4, 0.5) is 0 Å². The number of hydrogen-bond acceptors (Lipinski definition) is 7. The van der Waals surface area contributed by atoms with Gasteiger partial charge in [0.25, 0.3) is 0 Å². The maximum absolute atomic E-state index is 12.6. The molecular formula is C24H31NO5S. The Morgan fingerprint density at radius 2 is 1.65 bits per heavy atom. The maximum atomic E-state index is 12.6. The second-order valence-electron chi connectivity index (χ2n) is 7.45. The molecule has 1 aliphatic heterocycles. The number of carbonyl (C=O) groups is 3. The van der Waals surface area contributed by atoms with Crippen molar-refractivity contribution in [3.05, 3.63) is 52.4 Å². The van der Waals surface area contributed by atoms with Gasteiger partial charge in [0.2, 0.25) is 0 Å². The first-order valence-corrected chi connectivity index (χ1v) is 11.5. The Balaban J connectivity index is 1.82. The molecule has 1 aromatic carbocycles. The lowest BCUT2D eigenvalue weighted by atomic mass is 9.87. The molecule has 2 rings (SSSR count). The van der Waals surface area contributed by atoms with Crippen LogP contribution in [0.2, 0.25) is 0 Å². The van der Waals surface area contributed by atoms with Gasteiger partial charge < -0.3 is 14.8 Å². The number of nitrogens with one attached hydrogen (secondary N) is 1. The van der Waals surface area contributed by atoms with E-state index in [0.29, 0.717) is 42.0 Å². The molecule has 0 fully saturated rings. The van der Waals surface area contributed by atoms with Crippen LogP contribution in [0.3, 0.4) is 0 Å². The third-order valence-corrected chi connectivity index (χ3v) is 6.22. The molecule has 31 heavy (non-hydrogen) atoms. The number of ketones is 1. The van der Waals surface area contributed by atoms with Gasteiger partial charge in [0.1, 0.15) is 0 Å². The topological polar surface area (TPSA) is 81.7 Å². The van der Waals surface area contributed by atoms with Crippen molar-refractivity contribution in [2.45, 2.75) is 51.9 Å². The fraction of sp³-hybridized carbons (Fsp3) is 0.458. The van der Waals surface area contributed by atoms with Crippen LogP contribution in [0.1, 0.15) is 57.3 Å². The third-order valence-electron chi connectivity index (χ3n) is 5.12. The fourth-order valence-corrected chi connectivity index (χ4v) is 4.41. The van der Waals surface area contributed by atoms with Gasteiger partial charge in [-0.2, -0.15) is 0 Å². The van der Waals surface area contributed by atoms with Crippen LogP contribution in [0.25, 0.3) is 0 Å². The summed E-state index contributed by atoms with van der Waals surface area (Å²) in [6, 6.07) is 7.63. The minimum absolute atomic E-state index is 0.169. The van der Waals surface area contributed by atoms with Crippen molar-refractivity contribution in [1.82, 2.24) is 5.32 Å². The van der Waals surface area contributed by atoms with Gasteiger partial charge >= 0.3 is 11.9 Å². The number of allylic oxidation sites excluding steroid dienone is 2. The zero-order valence-electron chi connectivity index (χ0n) is 18.9. The van der Waals surface area contributed by atoms with Gasteiger partial charge in [-0.25, -0.2) is 9.59 Å². The summed E-state index contributed by atoms with van der Waals surface area (Å²) in [5.41, 5.74) is 3.01. The van der Waals surface area contributed by atoms with Gasteiger partial charge in [-0.1, -0.05) is 26.0 Å². The van der Waals surface area contributed by atoms with Crippen molar-refractivity contribution in [1.29, 1.82) is 0 Å². The molecule has 0 radical (unpaired) electrons. The number of rotatable bonds is 10. The van der Waals surface area contributed by atoms with E-state index in [0.717, 1.165) is 22.6 Å². The molecule has 168 valence electrons. The minimum atomic E-state index is -0.450. The van der Waals surface area contributed by atoms with Crippen LogP contribution >= 0.6 is 11.8 Å². The molecule has 1 heterocycles. The van der Waals surface area contributed by atoms with E-state index in [1.165, 1.54) is 7.11 Å². The number of ether oxygens (including phenoxy) is 2. The van der Waals surface area contributed by atoms with E-state index in [2.05, 4.69) is 5.32 Å². The highest BCUT2D eigenvalue weighted by molar-refractivity contribution is 7.99. The molecule has 1 aromatic rings. The first kappa shape index (κ1) is 24.7. The van der Waals surface area contributed by atoms with Gasteiger partial charge in [0.15, 0.2) is 5.78 Å². The van der Waals surface area contributed by atoms with E-state index in [1.54, 1.807) is 32.5 Å².